The Morgan fingerprint density at radius 3 is 2.73 bits per heavy atom. The van der Waals surface area contributed by atoms with Crippen LogP contribution in [-0.2, 0) is 14.8 Å². The van der Waals surface area contributed by atoms with E-state index < -0.39 is 9.05 Å². The molecule has 0 spiro atoms. The highest BCUT2D eigenvalue weighted by Crippen LogP contribution is 2.24. The Bertz CT molecular complexity index is 604. The normalized spacial score (nSPS) is 12.1. The third-order valence-corrected chi connectivity index (χ3v) is 3.35. The fourth-order valence-corrected chi connectivity index (χ4v) is 2.59. The van der Waals surface area contributed by atoms with Crippen LogP contribution in [0.1, 0.15) is 5.56 Å². The molecule has 15 heavy (non-hydrogen) atoms. The van der Waals surface area contributed by atoms with Crippen LogP contribution in [0.2, 0.25) is 5.02 Å². The Labute approximate surface area is 96.4 Å². The number of aromatic amines is 1. The largest absolute Gasteiger partial charge is 0.360 e. The van der Waals surface area contributed by atoms with Crippen molar-refractivity contribution in [3.05, 3.63) is 35.0 Å². The third-order valence-electron chi connectivity index (χ3n) is 2.03. The predicted molar refractivity (Wildman–Crippen MR) is 61.8 cm³/mol. The lowest BCUT2D eigenvalue weighted by Gasteiger charge is -1.98. The van der Waals surface area contributed by atoms with Crippen molar-refractivity contribution in [1.82, 2.24) is 4.98 Å². The van der Waals surface area contributed by atoms with E-state index in [0.29, 0.717) is 10.6 Å². The van der Waals surface area contributed by atoms with E-state index in [1.54, 1.807) is 24.4 Å². The molecule has 2 rings (SSSR count). The average molecular weight is 264 g/mol. The molecule has 1 N–H and O–H groups in total. The van der Waals surface area contributed by atoms with Gasteiger partial charge in [-0.3, -0.25) is 0 Å². The zero-order valence-corrected chi connectivity index (χ0v) is 9.83. The average Bonchev–Trinajstić information content (AvgIpc) is 2.45. The molecule has 1 heterocycles. The van der Waals surface area contributed by atoms with Crippen molar-refractivity contribution in [2.45, 2.75) is 5.75 Å². The van der Waals surface area contributed by atoms with Gasteiger partial charge in [0.05, 0.1) is 10.8 Å². The maximum Gasteiger partial charge on any atom is 0.236 e. The molecule has 2 aromatic rings. The Kier molecular flexibility index (Phi) is 2.66. The summed E-state index contributed by atoms with van der Waals surface area (Å²) in [5, 5.41) is 1.37. The second kappa shape index (κ2) is 3.70. The van der Waals surface area contributed by atoms with Gasteiger partial charge < -0.3 is 4.98 Å². The topological polar surface area (TPSA) is 49.9 Å². The molecular formula is C9H7Cl2NO2S. The first-order valence-electron chi connectivity index (χ1n) is 4.13. The number of halogens is 2. The summed E-state index contributed by atoms with van der Waals surface area (Å²) in [4.78, 5) is 2.96. The first kappa shape index (κ1) is 10.8. The molecule has 0 aliphatic rings. The maximum atomic E-state index is 10.9. The number of H-pyrrole nitrogens is 1. The Hall–Kier alpha value is -0.710. The van der Waals surface area contributed by atoms with E-state index in [2.05, 4.69) is 4.98 Å². The minimum Gasteiger partial charge on any atom is -0.360 e. The summed E-state index contributed by atoms with van der Waals surface area (Å²) < 4.78 is 21.8. The fraction of sp³-hybridized carbons (Fsp3) is 0.111. The number of benzene rings is 1. The van der Waals surface area contributed by atoms with Gasteiger partial charge in [0.1, 0.15) is 0 Å². The standard InChI is InChI=1S/C9H7Cl2NO2S/c10-8-4-12-9-2-1-6(3-7(8)9)5-15(11,13)14/h1-4,12H,5H2. The second-order valence-electron chi connectivity index (χ2n) is 3.20. The summed E-state index contributed by atoms with van der Waals surface area (Å²) in [6.07, 6.45) is 1.66. The van der Waals surface area contributed by atoms with Gasteiger partial charge in [0.15, 0.2) is 0 Å². The van der Waals surface area contributed by atoms with Crippen LogP contribution in [-0.4, -0.2) is 13.4 Å². The molecule has 0 radical (unpaired) electrons. The van der Waals surface area contributed by atoms with E-state index in [1.807, 2.05) is 0 Å². The molecular weight excluding hydrogens is 257 g/mol. The van der Waals surface area contributed by atoms with Gasteiger partial charge in [-0.05, 0) is 17.7 Å². The smallest absolute Gasteiger partial charge is 0.236 e. The number of fused-ring (bicyclic) bond motifs is 1. The van der Waals surface area contributed by atoms with Crippen molar-refractivity contribution in [3.63, 3.8) is 0 Å². The molecule has 0 atom stereocenters. The van der Waals surface area contributed by atoms with E-state index in [4.69, 9.17) is 22.3 Å². The number of aromatic nitrogens is 1. The van der Waals surface area contributed by atoms with Crippen molar-refractivity contribution < 1.29 is 8.42 Å². The SMILES string of the molecule is O=S(=O)(Cl)Cc1ccc2[nH]cc(Cl)c2c1. The lowest BCUT2D eigenvalue weighted by molar-refractivity contribution is 0.609. The summed E-state index contributed by atoms with van der Waals surface area (Å²) in [5.74, 6) is -0.188. The van der Waals surface area contributed by atoms with Gasteiger partial charge in [0.25, 0.3) is 0 Å². The van der Waals surface area contributed by atoms with Gasteiger partial charge >= 0.3 is 0 Å². The molecule has 0 amide bonds. The predicted octanol–water partition coefficient (Wildman–Crippen LogP) is 2.89. The van der Waals surface area contributed by atoms with Crippen LogP contribution in [0.15, 0.2) is 24.4 Å². The van der Waals surface area contributed by atoms with E-state index in [-0.39, 0.29) is 5.75 Å². The van der Waals surface area contributed by atoms with Gasteiger partial charge in [0.2, 0.25) is 9.05 Å². The summed E-state index contributed by atoms with van der Waals surface area (Å²) >= 11 is 5.90. The molecule has 0 bridgehead atoms. The van der Waals surface area contributed by atoms with E-state index >= 15 is 0 Å². The zero-order valence-electron chi connectivity index (χ0n) is 7.50. The maximum absolute atomic E-state index is 10.9. The first-order valence-corrected chi connectivity index (χ1v) is 6.99. The van der Waals surface area contributed by atoms with Crippen LogP contribution in [0.25, 0.3) is 10.9 Å². The van der Waals surface area contributed by atoms with Crippen LogP contribution in [0.5, 0.6) is 0 Å². The van der Waals surface area contributed by atoms with Crippen LogP contribution in [0.4, 0.5) is 0 Å². The molecule has 6 heteroatoms. The fourth-order valence-electron chi connectivity index (χ4n) is 1.42. The zero-order chi connectivity index (χ0) is 11.1. The summed E-state index contributed by atoms with van der Waals surface area (Å²) in [6, 6.07) is 5.20. The molecule has 0 fully saturated rings. The summed E-state index contributed by atoms with van der Waals surface area (Å²) in [7, 11) is 1.64. The van der Waals surface area contributed by atoms with Crippen molar-refractivity contribution in [1.29, 1.82) is 0 Å². The number of hydrogen-bond donors (Lipinski definition) is 1. The van der Waals surface area contributed by atoms with Crippen molar-refractivity contribution in [2.75, 3.05) is 0 Å². The van der Waals surface area contributed by atoms with Gasteiger partial charge in [0, 0.05) is 27.8 Å². The first-order chi connectivity index (χ1) is 6.96. The quantitative estimate of drug-likeness (QED) is 0.848. The summed E-state index contributed by atoms with van der Waals surface area (Å²) in [5.41, 5.74) is 1.50. The van der Waals surface area contributed by atoms with Crippen molar-refractivity contribution in [3.8, 4) is 0 Å². The Morgan fingerprint density at radius 1 is 1.33 bits per heavy atom. The van der Waals surface area contributed by atoms with E-state index in [1.165, 1.54) is 0 Å². The minimum absolute atomic E-state index is 0.188. The molecule has 0 unspecified atom stereocenters. The molecule has 0 aliphatic carbocycles. The van der Waals surface area contributed by atoms with Crippen molar-refractivity contribution >= 4 is 42.2 Å². The highest BCUT2D eigenvalue weighted by molar-refractivity contribution is 8.13. The molecule has 1 aromatic heterocycles. The lowest BCUT2D eigenvalue weighted by atomic mass is 10.2. The van der Waals surface area contributed by atoms with Gasteiger partial charge in [-0.25, -0.2) is 8.42 Å². The van der Waals surface area contributed by atoms with E-state index in [0.717, 1.165) is 10.9 Å². The molecule has 0 aliphatic heterocycles. The second-order valence-corrected chi connectivity index (χ2v) is 6.38. The Balaban J connectivity index is 2.51. The van der Waals surface area contributed by atoms with Gasteiger partial charge in [-0.1, -0.05) is 17.7 Å². The monoisotopic (exact) mass is 263 g/mol. The molecule has 1 aromatic carbocycles. The molecule has 80 valence electrons. The van der Waals surface area contributed by atoms with Gasteiger partial charge in [-0.15, -0.1) is 0 Å². The molecule has 0 saturated heterocycles. The number of nitrogens with one attached hydrogen (secondary N) is 1. The van der Waals surface area contributed by atoms with Crippen LogP contribution in [0.3, 0.4) is 0 Å². The Morgan fingerprint density at radius 2 is 2.07 bits per heavy atom. The molecule has 3 nitrogen and oxygen atoms in total. The van der Waals surface area contributed by atoms with E-state index in [9.17, 15) is 8.42 Å². The number of hydrogen-bond acceptors (Lipinski definition) is 2. The third kappa shape index (κ3) is 2.45. The lowest BCUT2D eigenvalue weighted by Crippen LogP contribution is -1.94. The van der Waals surface area contributed by atoms with Crippen LogP contribution in [0, 0.1) is 0 Å². The van der Waals surface area contributed by atoms with Crippen molar-refractivity contribution in [2.24, 2.45) is 0 Å². The minimum atomic E-state index is -3.52. The summed E-state index contributed by atoms with van der Waals surface area (Å²) in [6.45, 7) is 0. The van der Waals surface area contributed by atoms with Crippen LogP contribution >= 0.6 is 22.3 Å². The highest BCUT2D eigenvalue weighted by Gasteiger charge is 2.09. The molecule has 0 saturated carbocycles. The highest BCUT2D eigenvalue weighted by atomic mass is 35.7. The number of rotatable bonds is 2. The van der Waals surface area contributed by atoms with Crippen LogP contribution < -0.4 is 0 Å². The van der Waals surface area contributed by atoms with Gasteiger partial charge in [-0.2, -0.15) is 0 Å².